The molecule has 1 aliphatic heterocycles. The Bertz CT molecular complexity index is 537. The molecule has 2 fully saturated rings. The van der Waals surface area contributed by atoms with Gasteiger partial charge in [-0.05, 0) is 52.4 Å². The Morgan fingerprint density at radius 1 is 1.30 bits per heavy atom. The maximum atomic E-state index is 12.1. The molecule has 1 saturated carbocycles. The van der Waals surface area contributed by atoms with Crippen LogP contribution in [0.15, 0.2) is 12.4 Å². The fourth-order valence-electron chi connectivity index (χ4n) is 2.87. The van der Waals surface area contributed by atoms with Gasteiger partial charge >= 0.3 is 6.09 Å². The summed E-state index contributed by atoms with van der Waals surface area (Å²) in [7, 11) is 0. The van der Waals surface area contributed by atoms with Gasteiger partial charge < -0.3 is 15.0 Å². The van der Waals surface area contributed by atoms with Crippen molar-refractivity contribution in [2.24, 2.45) is 5.92 Å². The smallest absolute Gasteiger partial charge is 0.410 e. The van der Waals surface area contributed by atoms with Crippen LogP contribution >= 0.6 is 0 Å². The maximum absolute atomic E-state index is 12.1. The van der Waals surface area contributed by atoms with Crippen molar-refractivity contribution >= 4 is 11.8 Å². The topological polar surface area (TPSA) is 59.4 Å². The van der Waals surface area contributed by atoms with E-state index in [-0.39, 0.29) is 6.09 Å². The van der Waals surface area contributed by atoms with Crippen LogP contribution in [0.1, 0.15) is 46.5 Å². The summed E-state index contributed by atoms with van der Waals surface area (Å²) in [5.74, 6) is 0.833. The number of rotatable bonds is 4. The maximum Gasteiger partial charge on any atom is 0.410 e. The molecule has 0 atom stereocenters. The van der Waals surface area contributed by atoms with Gasteiger partial charge in [0.25, 0.3) is 0 Å². The molecule has 1 aliphatic carbocycles. The monoisotopic (exact) mass is 320 g/mol. The van der Waals surface area contributed by atoms with Crippen LogP contribution in [0.5, 0.6) is 0 Å². The van der Waals surface area contributed by atoms with E-state index in [0.29, 0.717) is 6.04 Å². The molecule has 0 aromatic carbocycles. The highest BCUT2D eigenvalue weighted by molar-refractivity contribution is 5.68. The molecule has 1 N–H and O–H groups in total. The van der Waals surface area contributed by atoms with Gasteiger partial charge in [0.1, 0.15) is 5.60 Å². The van der Waals surface area contributed by atoms with Crippen molar-refractivity contribution in [3.05, 3.63) is 12.4 Å². The number of nitrogens with one attached hydrogen (secondary N) is 1. The van der Waals surface area contributed by atoms with E-state index in [4.69, 9.17) is 4.74 Å². The highest BCUT2D eigenvalue weighted by Gasteiger charge is 2.27. The van der Waals surface area contributed by atoms with E-state index < -0.39 is 5.60 Å². The lowest BCUT2D eigenvalue weighted by molar-refractivity contribution is 0.0210. The van der Waals surface area contributed by atoms with Crippen molar-refractivity contribution in [3.63, 3.8) is 0 Å². The van der Waals surface area contributed by atoms with Gasteiger partial charge in [0.2, 0.25) is 0 Å². The summed E-state index contributed by atoms with van der Waals surface area (Å²) < 4.78 is 7.47. The van der Waals surface area contributed by atoms with E-state index in [1.165, 1.54) is 12.8 Å². The van der Waals surface area contributed by atoms with Gasteiger partial charge in [0, 0.05) is 31.9 Å². The molecular weight excluding hydrogens is 292 g/mol. The van der Waals surface area contributed by atoms with Crippen molar-refractivity contribution in [2.45, 2.75) is 64.6 Å². The third-order valence-corrected chi connectivity index (χ3v) is 4.29. The third-order valence-electron chi connectivity index (χ3n) is 4.29. The van der Waals surface area contributed by atoms with Crippen LogP contribution in [0.2, 0.25) is 0 Å². The van der Waals surface area contributed by atoms with E-state index in [0.717, 1.165) is 44.1 Å². The van der Waals surface area contributed by atoms with E-state index >= 15 is 0 Å². The van der Waals surface area contributed by atoms with Gasteiger partial charge in [0.15, 0.2) is 0 Å². The SMILES string of the molecule is CC(C)(C)OC(=O)N1CCC(Nc2cnn(CC3CC3)c2)CC1. The number of amides is 1. The first kappa shape index (κ1) is 16.1. The number of carbonyl (C=O) groups is 1. The van der Waals surface area contributed by atoms with Gasteiger partial charge in [-0.25, -0.2) is 4.79 Å². The third kappa shape index (κ3) is 4.88. The average Bonchev–Trinajstić information content (AvgIpc) is 3.17. The standard InChI is InChI=1S/C17H28N4O2/c1-17(2,3)23-16(22)20-8-6-14(7-9-20)19-15-10-18-21(12-15)11-13-4-5-13/h10,12-14,19H,4-9,11H2,1-3H3. The zero-order chi connectivity index (χ0) is 16.4. The van der Waals surface area contributed by atoms with Crippen LogP contribution in [-0.2, 0) is 11.3 Å². The number of hydrogen-bond acceptors (Lipinski definition) is 4. The van der Waals surface area contributed by atoms with Gasteiger partial charge in [-0.2, -0.15) is 5.10 Å². The first-order valence-corrected chi connectivity index (χ1v) is 8.66. The first-order valence-electron chi connectivity index (χ1n) is 8.66. The molecule has 1 saturated heterocycles. The molecule has 0 unspecified atom stereocenters. The van der Waals surface area contributed by atoms with Crippen molar-refractivity contribution in [1.29, 1.82) is 0 Å². The Morgan fingerprint density at radius 2 is 2.00 bits per heavy atom. The molecule has 1 amide bonds. The van der Waals surface area contributed by atoms with Crippen LogP contribution < -0.4 is 5.32 Å². The van der Waals surface area contributed by atoms with E-state index in [9.17, 15) is 4.79 Å². The molecule has 128 valence electrons. The van der Waals surface area contributed by atoms with Crippen LogP contribution in [0, 0.1) is 5.92 Å². The lowest BCUT2D eigenvalue weighted by Gasteiger charge is -2.33. The molecule has 0 radical (unpaired) electrons. The Morgan fingerprint density at radius 3 is 2.61 bits per heavy atom. The number of aromatic nitrogens is 2. The second-order valence-electron chi connectivity index (χ2n) is 7.78. The van der Waals surface area contributed by atoms with Crippen LogP contribution in [0.3, 0.4) is 0 Å². The lowest BCUT2D eigenvalue weighted by Crippen LogP contribution is -2.44. The summed E-state index contributed by atoms with van der Waals surface area (Å²) in [5, 5.41) is 7.96. The van der Waals surface area contributed by atoms with Gasteiger partial charge in [0.05, 0.1) is 11.9 Å². The number of ether oxygens (including phenoxy) is 1. The Hall–Kier alpha value is -1.72. The average molecular weight is 320 g/mol. The van der Waals surface area contributed by atoms with Crippen molar-refractivity contribution in [2.75, 3.05) is 18.4 Å². The van der Waals surface area contributed by atoms with Gasteiger partial charge in [-0.3, -0.25) is 4.68 Å². The number of anilines is 1. The van der Waals surface area contributed by atoms with E-state index in [1.54, 1.807) is 4.90 Å². The number of carbonyl (C=O) groups excluding carboxylic acids is 1. The molecule has 6 nitrogen and oxygen atoms in total. The number of nitrogens with zero attached hydrogens (tertiary/aromatic N) is 3. The number of hydrogen-bond donors (Lipinski definition) is 1. The molecule has 2 aliphatic rings. The minimum atomic E-state index is -0.428. The fourth-order valence-corrected chi connectivity index (χ4v) is 2.87. The predicted molar refractivity (Wildman–Crippen MR) is 89.4 cm³/mol. The number of likely N-dealkylation sites (tertiary alicyclic amines) is 1. The lowest BCUT2D eigenvalue weighted by atomic mass is 10.1. The van der Waals surface area contributed by atoms with Gasteiger partial charge in [-0.1, -0.05) is 0 Å². The van der Waals surface area contributed by atoms with Crippen LogP contribution in [0.25, 0.3) is 0 Å². The fraction of sp³-hybridized carbons (Fsp3) is 0.765. The number of piperidine rings is 1. The summed E-state index contributed by atoms with van der Waals surface area (Å²) in [5.41, 5.74) is 0.656. The van der Waals surface area contributed by atoms with E-state index in [2.05, 4.69) is 16.6 Å². The zero-order valence-corrected chi connectivity index (χ0v) is 14.4. The highest BCUT2D eigenvalue weighted by Crippen LogP contribution is 2.30. The van der Waals surface area contributed by atoms with E-state index in [1.807, 2.05) is 31.6 Å². The second-order valence-corrected chi connectivity index (χ2v) is 7.78. The highest BCUT2D eigenvalue weighted by atomic mass is 16.6. The zero-order valence-electron chi connectivity index (χ0n) is 14.4. The Kier molecular flexibility index (Phi) is 4.50. The van der Waals surface area contributed by atoms with Gasteiger partial charge in [-0.15, -0.1) is 0 Å². The molecule has 23 heavy (non-hydrogen) atoms. The molecule has 1 aromatic rings. The predicted octanol–water partition coefficient (Wildman–Crippen LogP) is 3.10. The first-order chi connectivity index (χ1) is 10.9. The second kappa shape index (κ2) is 6.42. The molecule has 1 aromatic heterocycles. The summed E-state index contributed by atoms with van der Waals surface area (Å²) in [4.78, 5) is 13.9. The minimum absolute atomic E-state index is 0.201. The Balaban J connectivity index is 1.43. The quantitative estimate of drug-likeness (QED) is 0.926. The van der Waals surface area contributed by atoms with Crippen molar-refractivity contribution in [3.8, 4) is 0 Å². The summed E-state index contributed by atoms with van der Waals surface area (Å²) in [6, 6.07) is 0.396. The minimum Gasteiger partial charge on any atom is -0.444 e. The largest absolute Gasteiger partial charge is 0.444 e. The molecule has 0 spiro atoms. The molecule has 2 heterocycles. The summed E-state index contributed by atoms with van der Waals surface area (Å²) >= 11 is 0. The summed E-state index contributed by atoms with van der Waals surface area (Å²) in [6.45, 7) is 8.22. The molecule has 6 heteroatoms. The molecule has 3 rings (SSSR count). The van der Waals surface area contributed by atoms with Crippen LogP contribution in [0.4, 0.5) is 10.5 Å². The van der Waals surface area contributed by atoms with Crippen LogP contribution in [-0.4, -0.2) is 45.5 Å². The normalized spacial score (nSPS) is 19.7. The summed E-state index contributed by atoms with van der Waals surface area (Å²) in [6.07, 6.45) is 8.35. The van der Waals surface area contributed by atoms with Crippen molar-refractivity contribution in [1.82, 2.24) is 14.7 Å². The van der Waals surface area contributed by atoms with Crippen molar-refractivity contribution < 1.29 is 9.53 Å². The Labute approximate surface area is 138 Å². The molecule has 0 bridgehead atoms. The molecular formula is C17H28N4O2.